The van der Waals surface area contributed by atoms with Crippen LogP contribution in [0, 0.1) is 13.8 Å². The normalized spacial score (nSPS) is 10.9. The van der Waals surface area contributed by atoms with Crippen molar-refractivity contribution in [1.82, 2.24) is 0 Å². The second kappa shape index (κ2) is 4.03. The Labute approximate surface area is 90.4 Å². The van der Waals surface area contributed by atoms with E-state index < -0.39 is 0 Å². The van der Waals surface area contributed by atoms with Gasteiger partial charge in [-0.25, -0.2) is 0 Å². The molecule has 78 valence electrons. The molecule has 0 atom stereocenters. The minimum absolute atomic E-state index is 0.221. The number of hydrogen-bond acceptors (Lipinski definition) is 1. The molecule has 0 aliphatic rings. The molecular weight excluding hydrogens is 184 g/mol. The highest BCUT2D eigenvalue weighted by atomic mass is 16.2. The van der Waals surface area contributed by atoms with Crippen molar-refractivity contribution in [2.75, 3.05) is 6.61 Å². The third-order valence-electron chi connectivity index (χ3n) is 3.01. The van der Waals surface area contributed by atoms with Crippen LogP contribution in [0.1, 0.15) is 16.7 Å². The van der Waals surface area contributed by atoms with Crippen LogP contribution in [-0.4, -0.2) is 11.7 Å². The van der Waals surface area contributed by atoms with Gasteiger partial charge < -0.3 is 5.11 Å². The fraction of sp³-hybridized carbons (Fsp3) is 0.286. The molecule has 0 bridgehead atoms. The summed E-state index contributed by atoms with van der Waals surface area (Å²) in [5.41, 5.74) is 3.85. The predicted octanol–water partition coefficient (Wildman–Crippen LogP) is 2.99. The van der Waals surface area contributed by atoms with Crippen molar-refractivity contribution < 1.29 is 5.11 Å². The average molecular weight is 200 g/mol. The first kappa shape index (κ1) is 10.2. The highest BCUT2D eigenvalue weighted by molar-refractivity contribution is 5.89. The van der Waals surface area contributed by atoms with Gasteiger partial charge in [0.2, 0.25) is 0 Å². The number of aliphatic hydroxyl groups excluding tert-OH is 1. The van der Waals surface area contributed by atoms with E-state index in [1.165, 1.54) is 27.5 Å². The summed E-state index contributed by atoms with van der Waals surface area (Å²) in [7, 11) is 0. The summed E-state index contributed by atoms with van der Waals surface area (Å²) < 4.78 is 0. The molecule has 0 spiro atoms. The molecule has 0 unspecified atom stereocenters. The summed E-state index contributed by atoms with van der Waals surface area (Å²) in [4.78, 5) is 0. The van der Waals surface area contributed by atoms with E-state index in [1.807, 2.05) is 0 Å². The molecule has 0 amide bonds. The quantitative estimate of drug-likeness (QED) is 0.790. The van der Waals surface area contributed by atoms with Crippen LogP contribution in [0.3, 0.4) is 0 Å². The number of fused-ring (bicyclic) bond motifs is 1. The van der Waals surface area contributed by atoms with E-state index in [0.29, 0.717) is 0 Å². The first-order valence-corrected chi connectivity index (χ1v) is 5.32. The molecule has 0 fully saturated rings. The Bertz CT molecular complexity index is 486. The summed E-state index contributed by atoms with van der Waals surface area (Å²) in [6.45, 7) is 4.48. The van der Waals surface area contributed by atoms with Crippen LogP contribution in [0.2, 0.25) is 0 Å². The van der Waals surface area contributed by atoms with Crippen molar-refractivity contribution in [1.29, 1.82) is 0 Å². The Hall–Kier alpha value is -1.34. The molecule has 0 saturated carbocycles. The largest absolute Gasteiger partial charge is 0.396 e. The average Bonchev–Trinajstić information content (AvgIpc) is 2.26. The van der Waals surface area contributed by atoms with Gasteiger partial charge in [-0.1, -0.05) is 30.3 Å². The van der Waals surface area contributed by atoms with Crippen molar-refractivity contribution in [2.45, 2.75) is 20.3 Å². The van der Waals surface area contributed by atoms with Crippen LogP contribution < -0.4 is 0 Å². The summed E-state index contributed by atoms with van der Waals surface area (Å²) in [6.07, 6.45) is 0.748. The van der Waals surface area contributed by atoms with Gasteiger partial charge in [-0.15, -0.1) is 0 Å². The van der Waals surface area contributed by atoms with Crippen LogP contribution in [0.4, 0.5) is 0 Å². The first-order valence-electron chi connectivity index (χ1n) is 5.32. The van der Waals surface area contributed by atoms with E-state index in [0.717, 1.165) is 6.42 Å². The second-order valence-corrected chi connectivity index (χ2v) is 4.00. The number of hydrogen-bond donors (Lipinski definition) is 1. The molecule has 2 aromatic carbocycles. The molecule has 15 heavy (non-hydrogen) atoms. The lowest BCUT2D eigenvalue weighted by molar-refractivity contribution is 0.299. The predicted molar refractivity (Wildman–Crippen MR) is 64.2 cm³/mol. The molecule has 2 rings (SSSR count). The zero-order valence-electron chi connectivity index (χ0n) is 9.25. The van der Waals surface area contributed by atoms with Gasteiger partial charge in [0.05, 0.1) is 0 Å². The smallest absolute Gasteiger partial charge is 0.0471 e. The Kier molecular flexibility index (Phi) is 2.74. The van der Waals surface area contributed by atoms with Crippen molar-refractivity contribution in [3.63, 3.8) is 0 Å². The Morgan fingerprint density at radius 3 is 2.40 bits per heavy atom. The molecule has 1 heteroatoms. The van der Waals surface area contributed by atoms with E-state index in [9.17, 15) is 0 Å². The molecule has 0 radical (unpaired) electrons. The third-order valence-corrected chi connectivity index (χ3v) is 3.01. The van der Waals surface area contributed by atoms with Gasteiger partial charge in [0.25, 0.3) is 0 Å². The molecule has 0 saturated heterocycles. The fourth-order valence-corrected chi connectivity index (χ4v) is 2.15. The van der Waals surface area contributed by atoms with Crippen LogP contribution in [0.25, 0.3) is 10.8 Å². The van der Waals surface area contributed by atoms with Crippen LogP contribution in [0.5, 0.6) is 0 Å². The monoisotopic (exact) mass is 200 g/mol. The Morgan fingerprint density at radius 1 is 1.07 bits per heavy atom. The van der Waals surface area contributed by atoms with Gasteiger partial charge in [0.1, 0.15) is 0 Å². The highest BCUT2D eigenvalue weighted by Crippen LogP contribution is 2.25. The zero-order chi connectivity index (χ0) is 10.8. The van der Waals surface area contributed by atoms with Crippen molar-refractivity contribution in [2.24, 2.45) is 0 Å². The lowest BCUT2D eigenvalue weighted by atomic mass is 9.95. The molecule has 2 aromatic rings. The van der Waals surface area contributed by atoms with Crippen LogP contribution in [0.15, 0.2) is 30.3 Å². The van der Waals surface area contributed by atoms with Gasteiger partial charge in [-0.05, 0) is 47.7 Å². The lowest BCUT2D eigenvalue weighted by Gasteiger charge is -2.11. The Balaban J connectivity index is 2.72. The zero-order valence-corrected chi connectivity index (χ0v) is 9.25. The maximum atomic E-state index is 9.01. The standard InChI is InChI=1S/C14H16O/c1-10-9-12(7-8-15)11(2)14-6-4-3-5-13(10)14/h3-6,9,15H,7-8H2,1-2H3. The minimum atomic E-state index is 0.221. The van der Waals surface area contributed by atoms with E-state index in [1.54, 1.807) is 0 Å². The molecule has 1 N–H and O–H groups in total. The molecule has 0 aromatic heterocycles. The van der Waals surface area contributed by atoms with Crippen LogP contribution in [-0.2, 0) is 6.42 Å². The van der Waals surface area contributed by atoms with E-state index in [-0.39, 0.29) is 6.61 Å². The lowest BCUT2D eigenvalue weighted by Crippen LogP contribution is -1.96. The van der Waals surface area contributed by atoms with Crippen LogP contribution >= 0.6 is 0 Å². The highest BCUT2D eigenvalue weighted by Gasteiger charge is 2.05. The minimum Gasteiger partial charge on any atom is -0.396 e. The van der Waals surface area contributed by atoms with Gasteiger partial charge in [-0.2, -0.15) is 0 Å². The summed E-state index contributed by atoms with van der Waals surface area (Å²) in [5, 5.41) is 11.6. The van der Waals surface area contributed by atoms with Crippen molar-refractivity contribution >= 4 is 10.8 Å². The molecule has 0 aliphatic heterocycles. The maximum Gasteiger partial charge on any atom is 0.0471 e. The number of aryl methyl sites for hydroxylation is 2. The summed E-state index contributed by atoms with van der Waals surface area (Å²) in [6, 6.07) is 10.6. The summed E-state index contributed by atoms with van der Waals surface area (Å²) >= 11 is 0. The maximum absolute atomic E-state index is 9.01. The van der Waals surface area contributed by atoms with Gasteiger partial charge >= 0.3 is 0 Å². The third kappa shape index (κ3) is 1.75. The van der Waals surface area contributed by atoms with E-state index in [2.05, 4.69) is 44.2 Å². The van der Waals surface area contributed by atoms with Crippen molar-refractivity contribution in [3.05, 3.63) is 47.0 Å². The molecule has 0 aliphatic carbocycles. The van der Waals surface area contributed by atoms with E-state index >= 15 is 0 Å². The molecule has 1 nitrogen and oxygen atoms in total. The summed E-state index contributed by atoms with van der Waals surface area (Å²) in [5.74, 6) is 0. The van der Waals surface area contributed by atoms with Gasteiger partial charge in [0.15, 0.2) is 0 Å². The fourth-order valence-electron chi connectivity index (χ4n) is 2.15. The SMILES string of the molecule is Cc1cc(CCO)c(C)c2ccccc12. The molecular formula is C14H16O. The topological polar surface area (TPSA) is 20.2 Å². The van der Waals surface area contributed by atoms with Gasteiger partial charge in [-0.3, -0.25) is 0 Å². The first-order chi connectivity index (χ1) is 7.24. The van der Waals surface area contributed by atoms with Gasteiger partial charge in [0, 0.05) is 6.61 Å². The number of rotatable bonds is 2. The Morgan fingerprint density at radius 2 is 1.73 bits per heavy atom. The number of benzene rings is 2. The second-order valence-electron chi connectivity index (χ2n) is 4.00. The van der Waals surface area contributed by atoms with E-state index in [4.69, 9.17) is 5.11 Å². The van der Waals surface area contributed by atoms with Crippen molar-refractivity contribution in [3.8, 4) is 0 Å². The number of aliphatic hydroxyl groups is 1. The molecule has 0 heterocycles.